The van der Waals surface area contributed by atoms with Gasteiger partial charge in [0, 0.05) is 34.6 Å². The first-order valence-corrected chi connectivity index (χ1v) is 9.12. The van der Waals surface area contributed by atoms with E-state index in [-0.39, 0.29) is 12.6 Å². The molecule has 1 heterocycles. The Morgan fingerprint density at radius 1 is 1.36 bits per heavy atom. The largest absolute Gasteiger partial charge is 0.339 e. The molecule has 25 heavy (non-hydrogen) atoms. The van der Waals surface area contributed by atoms with Gasteiger partial charge < -0.3 is 14.7 Å². The van der Waals surface area contributed by atoms with Crippen molar-refractivity contribution in [3.05, 3.63) is 45.5 Å². The minimum atomic E-state index is -0.228. The van der Waals surface area contributed by atoms with Gasteiger partial charge in [0.1, 0.15) is 0 Å². The lowest BCUT2D eigenvalue weighted by atomic mass is 9.85. The molecule has 134 valence electrons. The number of aromatic nitrogens is 2. The van der Waals surface area contributed by atoms with Gasteiger partial charge in [0.05, 0.1) is 6.54 Å². The van der Waals surface area contributed by atoms with Crippen molar-refractivity contribution < 1.29 is 9.32 Å². The Morgan fingerprint density at radius 3 is 2.68 bits per heavy atom. The van der Waals surface area contributed by atoms with Gasteiger partial charge in [-0.1, -0.05) is 40.8 Å². The first-order valence-electron chi connectivity index (χ1n) is 8.36. The summed E-state index contributed by atoms with van der Waals surface area (Å²) in [6.07, 6.45) is 3.40. The Kier molecular flexibility index (Phi) is 5.81. The van der Waals surface area contributed by atoms with E-state index < -0.39 is 0 Å². The summed E-state index contributed by atoms with van der Waals surface area (Å²) in [6.45, 7) is 2.98. The van der Waals surface area contributed by atoms with Crippen LogP contribution in [0.2, 0.25) is 10.0 Å². The fraction of sp³-hybridized carbons (Fsp3) is 0.471. The third-order valence-electron chi connectivity index (χ3n) is 4.42. The Bertz CT molecular complexity index is 726. The van der Waals surface area contributed by atoms with Crippen LogP contribution in [0.5, 0.6) is 0 Å². The van der Waals surface area contributed by atoms with Gasteiger partial charge in [0.25, 0.3) is 0 Å². The summed E-state index contributed by atoms with van der Waals surface area (Å²) in [5.41, 5.74) is 0.696. The van der Waals surface area contributed by atoms with Gasteiger partial charge in [-0.05, 0) is 31.9 Å². The minimum Gasteiger partial charge on any atom is -0.339 e. The number of halogens is 2. The molecule has 1 aromatic carbocycles. The predicted octanol–water partition coefficient (Wildman–Crippen LogP) is 4.38. The predicted molar refractivity (Wildman–Crippen MR) is 95.7 cm³/mol. The second-order valence-corrected chi connectivity index (χ2v) is 6.86. The topological polar surface area (TPSA) is 71.3 Å². The third-order valence-corrected chi connectivity index (χ3v) is 5.13. The first-order chi connectivity index (χ1) is 12.1. The summed E-state index contributed by atoms with van der Waals surface area (Å²) in [5, 5.41) is 7.88. The maximum absolute atomic E-state index is 12.4. The lowest BCUT2D eigenvalue weighted by molar-refractivity contribution is 0.195. The van der Waals surface area contributed by atoms with E-state index in [9.17, 15) is 4.79 Å². The first kappa shape index (κ1) is 18.0. The summed E-state index contributed by atoms with van der Waals surface area (Å²) >= 11 is 12.3. The molecular weight excluding hydrogens is 363 g/mol. The van der Waals surface area contributed by atoms with Crippen molar-refractivity contribution in [2.75, 3.05) is 6.54 Å². The maximum Gasteiger partial charge on any atom is 0.318 e. The molecule has 0 unspecified atom stereocenters. The fourth-order valence-electron chi connectivity index (χ4n) is 2.63. The molecule has 1 aliphatic carbocycles. The van der Waals surface area contributed by atoms with E-state index >= 15 is 0 Å². The summed E-state index contributed by atoms with van der Waals surface area (Å²) in [6, 6.07) is 5.03. The van der Waals surface area contributed by atoms with Crippen LogP contribution in [-0.4, -0.2) is 27.6 Å². The highest BCUT2D eigenvalue weighted by Crippen LogP contribution is 2.35. The summed E-state index contributed by atoms with van der Waals surface area (Å²) in [5.74, 6) is 1.59. The van der Waals surface area contributed by atoms with E-state index in [1.165, 1.54) is 6.42 Å². The number of hydrogen-bond acceptors (Lipinski definition) is 4. The number of hydrogen-bond donors (Lipinski definition) is 1. The Morgan fingerprint density at radius 2 is 2.08 bits per heavy atom. The molecule has 0 bridgehead atoms. The molecule has 0 atom stereocenters. The molecule has 1 saturated carbocycles. The van der Waals surface area contributed by atoms with Crippen molar-refractivity contribution >= 4 is 29.2 Å². The second kappa shape index (κ2) is 8.06. The van der Waals surface area contributed by atoms with Gasteiger partial charge >= 0.3 is 6.03 Å². The zero-order chi connectivity index (χ0) is 17.8. The zero-order valence-corrected chi connectivity index (χ0v) is 15.5. The number of carbonyl (C=O) groups excluding carboxylic acids is 1. The highest BCUT2D eigenvalue weighted by Gasteiger charge is 2.26. The van der Waals surface area contributed by atoms with E-state index in [1.54, 1.807) is 23.1 Å². The zero-order valence-electron chi connectivity index (χ0n) is 14.0. The Hall–Kier alpha value is -1.79. The summed E-state index contributed by atoms with van der Waals surface area (Å²) < 4.78 is 5.30. The van der Waals surface area contributed by atoms with Crippen LogP contribution in [0.1, 0.15) is 49.4 Å². The average molecular weight is 383 g/mol. The minimum absolute atomic E-state index is 0.228. The monoisotopic (exact) mass is 382 g/mol. The summed E-state index contributed by atoms with van der Waals surface area (Å²) in [4.78, 5) is 18.4. The molecule has 0 spiro atoms. The van der Waals surface area contributed by atoms with Crippen LogP contribution in [-0.2, 0) is 13.1 Å². The maximum atomic E-state index is 12.4. The molecule has 6 nitrogen and oxygen atoms in total. The fourth-order valence-corrected chi connectivity index (χ4v) is 3.16. The normalized spacial score (nSPS) is 14.2. The number of carbonyl (C=O) groups is 1. The van der Waals surface area contributed by atoms with Crippen molar-refractivity contribution in [2.45, 2.75) is 45.2 Å². The van der Waals surface area contributed by atoms with Crippen LogP contribution in [0.4, 0.5) is 4.79 Å². The van der Waals surface area contributed by atoms with Crippen LogP contribution in [0.15, 0.2) is 22.7 Å². The number of benzene rings is 1. The van der Waals surface area contributed by atoms with E-state index in [0.29, 0.717) is 46.3 Å². The molecule has 1 aliphatic rings. The molecule has 0 aliphatic heterocycles. The number of amides is 2. The van der Waals surface area contributed by atoms with Crippen LogP contribution in [0, 0.1) is 0 Å². The van der Waals surface area contributed by atoms with Crippen LogP contribution >= 0.6 is 23.2 Å². The lowest BCUT2D eigenvalue weighted by Crippen LogP contribution is -2.39. The van der Waals surface area contributed by atoms with Gasteiger partial charge in [0.15, 0.2) is 5.82 Å². The van der Waals surface area contributed by atoms with E-state index in [1.807, 2.05) is 6.92 Å². The number of nitrogens with one attached hydrogen (secondary N) is 1. The van der Waals surface area contributed by atoms with Crippen molar-refractivity contribution in [3.63, 3.8) is 0 Å². The Balaban J connectivity index is 1.58. The number of urea groups is 1. The van der Waals surface area contributed by atoms with Crippen molar-refractivity contribution in [1.82, 2.24) is 20.4 Å². The molecule has 1 aromatic heterocycles. The van der Waals surface area contributed by atoms with E-state index in [4.69, 9.17) is 27.7 Å². The van der Waals surface area contributed by atoms with Crippen LogP contribution < -0.4 is 5.32 Å². The summed E-state index contributed by atoms with van der Waals surface area (Å²) in [7, 11) is 0. The molecule has 1 N–H and O–H groups in total. The van der Waals surface area contributed by atoms with Crippen LogP contribution in [0.3, 0.4) is 0 Å². The number of rotatable bonds is 6. The molecule has 8 heteroatoms. The van der Waals surface area contributed by atoms with Gasteiger partial charge in [-0.25, -0.2) is 4.79 Å². The highest BCUT2D eigenvalue weighted by atomic mass is 35.5. The Labute approximate surface area is 156 Å². The average Bonchev–Trinajstić information content (AvgIpc) is 2.98. The van der Waals surface area contributed by atoms with Crippen LogP contribution in [0.25, 0.3) is 0 Å². The molecule has 1 fully saturated rings. The van der Waals surface area contributed by atoms with Crippen molar-refractivity contribution in [2.24, 2.45) is 0 Å². The van der Waals surface area contributed by atoms with E-state index in [2.05, 4.69) is 15.5 Å². The second-order valence-electron chi connectivity index (χ2n) is 6.05. The lowest BCUT2D eigenvalue weighted by Gasteiger charge is -2.21. The van der Waals surface area contributed by atoms with E-state index in [0.717, 1.165) is 12.8 Å². The SMILES string of the molecule is CCN(Cc1noc(C2CCC2)n1)C(=O)NCc1c(Cl)cccc1Cl. The quantitative estimate of drug-likeness (QED) is 0.804. The molecule has 2 aromatic rings. The molecule has 0 radical (unpaired) electrons. The highest BCUT2D eigenvalue weighted by molar-refractivity contribution is 6.36. The molecule has 0 saturated heterocycles. The van der Waals surface area contributed by atoms with Gasteiger partial charge in [0.2, 0.25) is 5.89 Å². The van der Waals surface area contributed by atoms with Crippen molar-refractivity contribution in [1.29, 1.82) is 0 Å². The molecule has 3 rings (SSSR count). The molecule has 2 amide bonds. The van der Waals surface area contributed by atoms with Gasteiger partial charge in [-0.3, -0.25) is 0 Å². The standard InChI is InChI=1S/C17H20Cl2N4O2/c1-2-23(10-15-21-16(25-22-15)11-5-3-6-11)17(24)20-9-12-13(18)7-4-8-14(12)19/h4,7-8,11H,2-3,5-6,9-10H2,1H3,(H,20,24). The van der Waals surface area contributed by atoms with Gasteiger partial charge in [-0.15, -0.1) is 0 Å². The third kappa shape index (κ3) is 4.25. The smallest absolute Gasteiger partial charge is 0.318 e. The molecular formula is C17H20Cl2N4O2. The number of nitrogens with zero attached hydrogens (tertiary/aromatic N) is 3. The van der Waals surface area contributed by atoms with Gasteiger partial charge in [-0.2, -0.15) is 4.98 Å². The van der Waals surface area contributed by atoms with Crippen molar-refractivity contribution in [3.8, 4) is 0 Å².